The Morgan fingerprint density at radius 3 is 2.35 bits per heavy atom. The van der Waals surface area contributed by atoms with Crippen molar-refractivity contribution >= 4 is 17.5 Å². The minimum atomic E-state index is -0.573. The molecule has 2 aromatic carbocycles. The molecular formula is C17H21N3O3. The molecule has 3 N–H and O–H groups in total. The molecule has 0 aliphatic heterocycles. The van der Waals surface area contributed by atoms with Crippen LogP contribution in [0.3, 0.4) is 0 Å². The van der Waals surface area contributed by atoms with Crippen LogP contribution in [0.15, 0.2) is 48.5 Å². The van der Waals surface area contributed by atoms with Crippen molar-refractivity contribution in [1.29, 1.82) is 0 Å². The van der Waals surface area contributed by atoms with Gasteiger partial charge in [-0.25, -0.2) is 15.6 Å². The maximum atomic E-state index is 11.5. The van der Waals surface area contributed by atoms with Crippen molar-refractivity contribution in [2.24, 2.45) is 5.84 Å². The van der Waals surface area contributed by atoms with Crippen molar-refractivity contribution in [1.82, 2.24) is 0 Å². The minimum Gasteiger partial charge on any atom is -0.497 e. The zero-order valence-corrected chi connectivity index (χ0v) is 13.3. The van der Waals surface area contributed by atoms with E-state index < -0.39 is 6.09 Å². The van der Waals surface area contributed by atoms with Gasteiger partial charge in [0, 0.05) is 12.2 Å². The summed E-state index contributed by atoms with van der Waals surface area (Å²) in [5, 5.41) is 4.30. The normalized spacial score (nSPS) is 10.0. The summed E-state index contributed by atoms with van der Waals surface area (Å²) >= 11 is 0. The van der Waals surface area contributed by atoms with Crippen LogP contribution in [-0.4, -0.2) is 19.8 Å². The lowest BCUT2D eigenvalue weighted by molar-refractivity contribution is 0.160. The summed E-state index contributed by atoms with van der Waals surface area (Å²) in [6.45, 7) is 2.69. The summed E-state index contributed by atoms with van der Waals surface area (Å²) in [6.07, 6.45) is -0.573. The first kappa shape index (κ1) is 16.6. The van der Waals surface area contributed by atoms with Crippen LogP contribution in [-0.2, 0) is 11.3 Å². The number of carbonyl (C=O) groups excluding carboxylic acids is 1. The number of nitrogens with one attached hydrogen (secondary N) is 1. The summed E-state index contributed by atoms with van der Waals surface area (Å²) < 4.78 is 9.97. The van der Waals surface area contributed by atoms with Crippen molar-refractivity contribution in [3.63, 3.8) is 0 Å². The number of methoxy groups -OCH3 is 1. The molecule has 0 bridgehead atoms. The number of nitrogens with two attached hydrogens (primary N) is 1. The lowest BCUT2D eigenvalue weighted by atomic mass is 10.2. The van der Waals surface area contributed by atoms with E-state index in [2.05, 4.69) is 5.32 Å². The van der Waals surface area contributed by atoms with Gasteiger partial charge >= 0.3 is 6.09 Å². The van der Waals surface area contributed by atoms with Crippen molar-refractivity contribution in [3.05, 3.63) is 54.1 Å². The number of anilines is 2. The van der Waals surface area contributed by atoms with Crippen LogP contribution in [0.25, 0.3) is 0 Å². The Kier molecular flexibility index (Phi) is 5.82. The van der Waals surface area contributed by atoms with Crippen LogP contribution in [0.1, 0.15) is 12.5 Å². The van der Waals surface area contributed by atoms with E-state index in [0.717, 1.165) is 22.0 Å². The Bertz CT molecular complexity index is 627. The Hall–Kier alpha value is -2.73. The number of carbonyl (C=O) groups is 1. The second kappa shape index (κ2) is 8.05. The Balaban J connectivity index is 1.92. The quantitative estimate of drug-likeness (QED) is 0.486. The predicted octanol–water partition coefficient (Wildman–Crippen LogP) is 3.14. The Morgan fingerprint density at radius 2 is 1.78 bits per heavy atom. The summed E-state index contributed by atoms with van der Waals surface area (Å²) in [5.74, 6) is 6.52. The van der Waals surface area contributed by atoms with E-state index in [0.29, 0.717) is 12.2 Å². The molecule has 0 saturated heterocycles. The largest absolute Gasteiger partial charge is 0.497 e. The van der Waals surface area contributed by atoms with Gasteiger partial charge in [-0.05, 0) is 48.9 Å². The number of hydrazine groups is 1. The Labute approximate surface area is 135 Å². The van der Waals surface area contributed by atoms with Gasteiger partial charge in [0.05, 0.1) is 19.4 Å². The van der Waals surface area contributed by atoms with Gasteiger partial charge in [0.25, 0.3) is 0 Å². The van der Waals surface area contributed by atoms with Crippen molar-refractivity contribution in [2.45, 2.75) is 13.5 Å². The van der Waals surface area contributed by atoms with E-state index in [1.54, 1.807) is 26.2 Å². The highest BCUT2D eigenvalue weighted by molar-refractivity contribution is 5.86. The van der Waals surface area contributed by atoms with Gasteiger partial charge in [-0.1, -0.05) is 12.1 Å². The molecule has 0 heterocycles. The fourth-order valence-corrected chi connectivity index (χ4v) is 1.99. The first-order valence-corrected chi connectivity index (χ1v) is 7.32. The number of amides is 1. The fourth-order valence-electron chi connectivity index (χ4n) is 1.99. The molecule has 6 nitrogen and oxygen atoms in total. The summed E-state index contributed by atoms with van der Waals surface area (Å²) in [6, 6.07) is 15.1. The number of nitrogens with zero attached hydrogens (tertiary/aromatic N) is 1. The molecule has 0 spiro atoms. The van der Waals surface area contributed by atoms with Crippen molar-refractivity contribution in [2.75, 3.05) is 24.0 Å². The number of hydrogen-bond donors (Lipinski definition) is 2. The zero-order chi connectivity index (χ0) is 16.7. The lowest BCUT2D eigenvalue weighted by Crippen LogP contribution is -2.37. The topological polar surface area (TPSA) is 76.8 Å². The van der Waals surface area contributed by atoms with E-state index >= 15 is 0 Å². The van der Waals surface area contributed by atoms with E-state index in [1.165, 1.54) is 0 Å². The lowest BCUT2D eigenvalue weighted by Gasteiger charge is -2.16. The van der Waals surface area contributed by atoms with E-state index in [1.807, 2.05) is 36.4 Å². The second-order valence-corrected chi connectivity index (χ2v) is 4.82. The standard InChI is InChI=1S/C17H21N3O3/c1-3-23-17(21)20(18)15-8-4-13(5-9-15)12-19-14-6-10-16(22-2)11-7-14/h4-11,19H,3,12,18H2,1-2H3. The van der Waals surface area contributed by atoms with Crippen LogP contribution in [0.4, 0.5) is 16.2 Å². The molecule has 0 unspecified atom stereocenters. The third kappa shape index (κ3) is 4.62. The smallest absolute Gasteiger partial charge is 0.428 e. The molecule has 23 heavy (non-hydrogen) atoms. The number of benzene rings is 2. The fraction of sp³-hybridized carbons (Fsp3) is 0.235. The van der Waals surface area contributed by atoms with Gasteiger partial charge < -0.3 is 14.8 Å². The molecule has 0 fully saturated rings. The van der Waals surface area contributed by atoms with Gasteiger partial charge in [0.15, 0.2) is 0 Å². The van der Waals surface area contributed by atoms with E-state index in [4.69, 9.17) is 15.3 Å². The molecule has 0 atom stereocenters. The van der Waals surface area contributed by atoms with Crippen molar-refractivity contribution in [3.8, 4) is 5.75 Å². The highest BCUT2D eigenvalue weighted by Gasteiger charge is 2.11. The third-order valence-electron chi connectivity index (χ3n) is 3.27. The van der Waals surface area contributed by atoms with E-state index in [9.17, 15) is 4.79 Å². The molecule has 0 aliphatic rings. The number of rotatable bonds is 6. The molecule has 2 rings (SSSR count). The maximum absolute atomic E-state index is 11.5. The maximum Gasteiger partial charge on any atom is 0.428 e. The molecule has 2 aromatic rings. The number of hydrogen-bond acceptors (Lipinski definition) is 5. The zero-order valence-electron chi connectivity index (χ0n) is 13.3. The molecule has 6 heteroatoms. The Morgan fingerprint density at radius 1 is 1.13 bits per heavy atom. The minimum absolute atomic E-state index is 0.288. The van der Waals surface area contributed by atoms with Crippen LogP contribution >= 0.6 is 0 Å². The summed E-state index contributed by atoms with van der Waals surface area (Å²) in [4.78, 5) is 11.5. The van der Waals surface area contributed by atoms with Gasteiger partial charge in [-0.3, -0.25) is 0 Å². The predicted molar refractivity (Wildman–Crippen MR) is 90.5 cm³/mol. The molecular weight excluding hydrogens is 294 g/mol. The molecule has 0 saturated carbocycles. The van der Waals surface area contributed by atoms with Gasteiger partial charge in [0.2, 0.25) is 0 Å². The third-order valence-corrected chi connectivity index (χ3v) is 3.27. The average Bonchev–Trinajstić information content (AvgIpc) is 2.60. The van der Waals surface area contributed by atoms with Gasteiger partial charge in [-0.15, -0.1) is 0 Å². The highest BCUT2D eigenvalue weighted by atomic mass is 16.6. The molecule has 0 radical (unpaired) electrons. The van der Waals surface area contributed by atoms with Crippen LogP contribution in [0.2, 0.25) is 0 Å². The summed E-state index contributed by atoms with van der Waals surface area (Å²) in [5.41, 5.74) is 2.65. The molecule has 122 valence electrons. The molecule has 0 aliphatic carbocycles. The highest BCUT2D eigenvalue weighted by Crippen LogP contribution is 2.17. The first-order valence-electron chi connectivity index (χ1n) is 7.32. The van der Waals surface area contributed by atoms with Gasteiger partial charge in [0.1, 0.15) is 5.75 Å². The number of ether oxygens (including phenoxy) is 2. The van der Waals surface area contributed by atoms with E-state index in [-0.39, 0.29) is 6.61 Å². The monoisotopic (exact) mass is 315 g/mol. The van der Waals surface area contributed by atoms with Crippen LogP contribution in [0, 0.1) is 0 Å². The van der Waals surface area contributed by atoms with Crippen molar-refractivity contribution < 1.29 is 14.3 Å². The molecule has 1 amide bonds. The van der Waals surface area contributed by atoms with Gasteiger partial charge in [-0.2, -0.15) is 0 Å². The van der Waals surface area contributed by atoms with Crippen LogP contribution in [0.5, 0.6) is 5.75 Å². The van der Waals surface area contributed by atoms with Crippen LogP contribution < -0.4 is 20.9 Å². The summed E-state index contributed by atoms with van der Waals surface area (Å²) in [7, 11) is 1.64. The molecule has 0 aromatic heterocycles. The second-order valence-electron chi connectivity index (χ2n) is 4.82. The SMILES string of the molecule is CCOC(=O)N(N)c1ccc(CNc2ccc(OC)cc2)cc1. The first-order chi connectivity index (χ1) is 11.1. The average molecular weight is 315 g/mol.